The number of carboxylic acids is 1. The lowest BCUT2D eigenvalue weighted by molar-refractivity contribution is -0.137. The predicted molar refractivity (Wildman–Crippen MR) is 72.9 cm³/mol. The first-order valence-corrected chi connectivity index (χ1v) is 7.36. The predicted octanol–water partition coefficient (Wildman–Crippen LogP) is 1.63. The number of urea groups is 1. The van der Waals surface area contributed by atoms with Crippen LogP contribution in [-0.2, 0) is 4.79 Å². The molecule has 0 spiro atoms. The molecule has 6 heteroatoms. The van der Waals surface area contributed by atoms with Gasteiger partial charge in [-0.2, -0.15) is 11.8 Å². The SMILES string of the molecule is CSC(C)(C)CNC(=O)N(CC(=O)O)CC1CC1. The Kier molecular flexibility index (Phi) is 5.31. The second-order valence-electron chi connectivity index (χ2n) is 5.34. The third kappa shape index (κ3) is 5.62. The number of carboxylic acid groups (broad SMARTS) is 1. The monoisotopic (exact) mass is 274 g/mol. The summed E-state index contributed by atoms with van der Waals surface area (Å²) < 4.78 is -0.0376. The van der Waals surface area contributed by atoms with Gasteiger partial charge in [0.2, 0.25) is 0 Å². The molecular weight excluding hydrogens is 252 g/mol. The van der Waals surface area contributed by atoms with Crippen LogP contribution in [0.4, 0.5) is 4.79 Å². The third-order valence-electron chi connectivity index (χ3n) is 3.01. The molecule has 0 aromatic heterocycles. The van der Waals surface area contributed by atoms with Gasteiger partial charge in [-0.15, -0.1) is 0 Å². The molecule has 0 radical (unpaired) electrons. The van der Waals surface area contributed by atoms with Gasteiger partial charge < -0.3 is 15.3 Å². The molecule has 0 aromatic carbocycles. The van der Waals surface area contributed by atoms with Gasteiger partial charge in [-0.25, -0.2) is 4.79 Å². The lowest BCUT2D eigenvalue weighted by Gasteiger charge is -2.26. The molecule has 1 aliphatic carbocycles. The average molecular weight is 274 g/mol. The van der Waals surface area contributed by atoms with Crippen molar-refractivity contribution in [1.82, 2.24) is 10.2 Å². The molecule has 18 heavy (non-hydrogen) atoms. The van der Waals surface area contributed by atoms with E-state index in [1.807, 2.05) is 20.1 Å². The minimum absolute atomic E-state index is 0.0376. The van der Waals surface area contributed by atoms with Gasteiger partial charge in [-0.3, -0.25) is 4.79 Å². The van der Waals surface area contributed by atoms with Gasteiger partial charge in [0, 0.05) is 17.8 Å². The van der Waals surface area contributed by atoms with Gasteiger partial charge in [-0.1, -0.05) is 0 Å². The summed E-state index contributed by atoms with van der Waals surface area (Å²) in [5.41, 5.74) is 0. The van der Waals surface area contributed by atoms with E-state index in [2.05, 4.69) is 5.32 Å². The van der Waals surface area contributed by atoms with Crippen LogP contribution < -0.4 is 5.32 Å². The molecule has 1 aliphatic rings. The number of nitrogens with zero attached hydrogens (tertiary/aromatic N) is 1. The summed E-state index contributed by atoms with van der Waals surface area (Å²) in [6.45, 7) is 4.95. The van der Waals surface area contributed by atoms with E-state index in [9.17, 15) is 9.59 Å². The van der Waals surface area contributed by atoms with Crippen LogP contribution in [-0.4, -0.2) is 52.6 Å². The highest BCUT2D eigenvalue weighted by molar-refractivity contribution is 7.99. The fourth-order valence-corrected chi connectivity index (χ4v) is 1.68. The van der Waals surface area contributed by atoms with E-state index in [0.717, 1.165) is 12.8 Å². The number of hydrogen-bond acceptors (Lipinski definition) is 3. The van der Waals surface area contributed by atoms with Crippen molar-refractivity contribution in [2.45, 2.75) is 31.4 Å². The van der Waals surface area contributed by atoms with Crippen molar-refractivity contribution in [2.24, 2.45) is 5.92 Å². The quantitative estimate of drug-likeness (QED) is 0.740. The topological polar surface area (TPSA) is 69.6 Å². The number of carbonyl (C=O) groups excluding carboxylic acids is 1. The van der Waals surface area contributed by atoms with E-state index < -0.39 is 5.97 Å². The van der Waals surface area contributed by atoms with Crippen molar-refractivity contribution in [3.05, 3.63) is 0 Å². The van der Waals surface area contributed by atoms with Crippen LogP contribution >= 0.6 is 11.8 Å². The minimum Gasteiger partial charge on any atom is -0.480 e. The number of hydrogen-bond donors (Lipinski definition) is 2. The second-order valence-corrected chi connectivity index (χ2v) is 6.85. The summed E-state index contributed by atoms with van der Waals surface area (Å²) >= 11 is 1.67. The van der Waals surface area contributed by atoms with Crippen LogP contribution in [0.15, 0.2) is 0 Å². The molecule has 0 unspecified atom stereocenters. The maximum absolute atomic E-state index is 11.9. The highest BCUT2D eigenvalue weighted by Gasteiger charge is 2.28. The molecule has 0 aromatic rings. The third-order valence-corrected chi connectivity index (χ3v) is 4.26. The van der Waals surface area contributed by atoms with Gasteiger partial charge in [0.15, 0.2) is 0 Å². The van der Waals surface area contributed by atoms with Gasteiger partial charge in [0.25, 0.3) is 0 Å². The number of thioether (sulfide) groups is 1. The summed E-state index contributed by atoms with van der Waals surface area (Å²) in [5, 5.41) is 11.6. The normalized spacial score (nSPS) is 15.3. The summed E-state index contributed by atoms with van der Waals surface area (Å²) in [7, 11) is 0. The Labute approximate surface area is 112 Å². The van der Waals surface area contributed by atoms with E-state index in [4.69, 9.17) is 5.11 Å². The standard InChI is InChI=1S/C12H22N2O3S/c1-12(2,18-3)8-13-11(17)14(7-10(15)16)6-9-4-5-9/h9H,4-8H2,1-3H3,(H,13,17)(H,15,16). The Morgan fingerprint density at radius 2 is 2.06 bits per heavy atom. The van der Waals surface area contributed by atoms with Gasteiger partial charge >= 0.3 is 12.0 Å². The Balaban J connectivity index is 2.44. The highest BCUT2D eigenvalue weighted by Crippen LogP contribution is 2.29. The fourth-order valence-electron chi connectivity index (χ4n) is 1.47. The van der Waals surface area contributed by atoms with Crippen molar-refractivity contribution in [1.29, 1.82) is 0 Å². The number of amides is 2. The summed E-state index contributed by atoms with van der Waals surface area (Å²) in [5.74, 6) is -0.474. The molecule has 0 heterocycles. The van der Waals surface area contributed by atoms with Crippen molar-refractivity contribution < 1.29 is 14.7 Å². The Hall–Kier alpha value is -0.910. The molecule has 5 nitrogen and oxygen atoms in total. The van der Waals surface area contributed by atoms with Gasteiger partial charge in [0.1, 0.15) is 6.54 Å². The van der Waals surface area contributed by atoms with E-state index in [1.54, 1.807) is 11.8 Å². The number of nitrogens with one attached hydrogen (secondary N) is 1. The molecular formula is C12H22N2O3S. The Morgan fingerprint density at radius 1 is 1.44 bits per heavy atom. The van der Waals surface area contributed by atoms with Gasteiger partial charge in [-0.05, 0) is 38.9 Å². The first kappa shape index (κ1) is 15.1. The lowest BCUT2D eigenvalue weighted by atomic mass is 10.2. The van der Waals surface area contributed by atoms with Crippen molar-refractivity contribution in [2.75, 3.05) is 25.9 Å². The van der Waals surface area contributed by atoms with Crippen LogP contribution in [0.1, 0.15) is 26.7 Å². The number of aliphatic carboxylic acids is 1. The first-order valence-electron chi connectivity index (χ1n) is 6.14. The highest BCUT2D eigenvalue weighted by atomic mass is 32.2. The first-order chi connectivity index (χ1) is 8.34. The summed E-state index contributed by atoms with van der Waals surface area (Å²) in [6.07, 6.45) is 4.19. The fraction of sp³-hybridized carbons (Fsp3) is 0.833. The smallest absolute Gasteiger partial charge is 0.323 e. The maximum Gasteiger partial charge on any atom is 0.323 e. The second kappa shape index (κ2) is 6.31. The van der Waals surface area contributed by atoms with Crippen LogP contribution in [0.2, 0.25) is 0 Å². The average Bonchev–Trinajstić information content (AvgIpc) is 3.08. The van der Waals surface area contributed by atoms with Crippen molar-refractivity contribution in [3.8, 4) is 0 Å². The molecule has 0 bridgehead atoms. The number of carbonyl (C=O) groups is 2. The molecule has 104 valence electrons. The maximum atomic E-state index is 11.9. The zero-order valence-electron chi connectivity index (χ0n) is 11.2. The van der Waals surface area contributed by atoms with E-state index in [0.29, 0.717) is 19.0 Å². The van der Waals surface area contributed by atoms with Crippen LogP contribution in [0, 0.1) is 5.92 Å². The molecule has 1 rings (SSSR count). The Bertz CT molecular complexity index is 316. The zero-order chi connectivity index (χ0) is 13.8. The van der Waals surface area contributed by atoms with Crippen molar-refractivity contribution >= 4 is 23.8 Å². The van der Waals surface area contributed by atoms with Crippen LogP contribution in [0.5, 0.6) is 0 Å². The zero-order valence-corrected chi connectivity index (χ0v) is 12.0. The van der Waals surface area contributed by atoms with Crippen molar-refractivity contribution in [3.63, 3.8) is 0 Å². The molecule has 2 N–H and O–H groups in total. The lowest BCUT2D eigenvalue weighted by Crippen LogP contribution is -2.47. The van der Waals surface area contributed by atoms with Crippen LogP contribution in [0.25, 0.3) is 0 Å². The molecule has 0 saturated heterocycles. The molecule has 1 fully saturated rings. The minimum atomic E-state index is -0.963. The summed E-state index contributed by atoms with van der Waals surface area (Å²) in [4.78, 5) is 24.1. The molecule has 1 saturated carbocycles. The number of rotatable bonds is 7. The molecule has 0 atom stereocenters. The van der Waals surface area contributed by atoms with Crippen LogP contribution in [0.3, 0.4) is 0 Å². The Morgan fingerprint density at radius 3 is 2.50 bits per heavy atom. The molecule has 2 amide bonds. The largest absolute Gasteiger partial charge is 0.480 e. The molecule has 0 aliphatic heterocycles. The van der Waals surface area contributed by atoms with E-state index in [-0.39, 0.29) is 17.3 Å². The summed E-state index contributed by atoms with van der Waals surface area (Å²) in [6, 6.07) is -0.272. The van der Waals surface area contributed by atoms with E-state index >= 15 is 0 Å². The van der Waals surface area contributed by atoms with E-state index in [1.165, 1.54) is 4.90 Å². The van der Waals surface area contributed by atoms with Gasteiger partial charge in [0.05, 0.1) is 0 Å².